The fraction of sp³-hybridized carbons (Fsp3) is 0.333. The first-order chi connectivity index (χ1) is 14.9. The van der Waals surface area contributed by atoms with Gasteiger partial charge in [0.15, 0.2) is 0 Å². The van der Waals surface area contributed by atoms with Crippen LogP contribution in [0.25, 0.3) is 11.1 Å². The van der Waals surface area contributed by atoms with E-state index in [9.17, 15) is 4.79 Å². The molecule has 0 aliphatic heterocycles. The van der Waals surface area contributed by atoms with E-state index < -0.39 is 5.97 Å². The molecule has 0 saturated carbocycles. The average Bonchev–Trinajstić information content (AvgIpc) is 3.15. The highest BCUT2D eigenvalue weighted by Crippen LogP contribution is 2.30. The van der Waals surface area contributed by atoms with Gasteiger partial charge in [-0.2, -0.15) is 5.10 Å². The lowest BCUT2D eigenvalue weighted by Gasteiger charge is -2.12. The van der Waals surface area contributed by atoms with Gasteiger partial charge in [0.05, 0.1) is 19.2 Å². The highest BCUT2D eigenvalue weighted by molar-refractivity contribution is 5.70. The maximum absolute atomic E-state index is 11.2. The monoisotopic (exact) mass is 424 g/mol. The number of aliphatic carboxylic acids is 1. The Kier molecular flexibility index (Phi) is 7.67. The van der Waals surface area contributed by atoms with Crippen molar-refractivity contribution in [2.24, 2.45) is 5.92 Å². The third-order valence-corrected chi connectivity index (χ3v) is 4.44. The van der Waals surface area contributed by atoms with Crippen LogP contribution in [0, 0.1) is 5.92 Å². The van der Waals surface area contributed by atoms with E-state index in [2.05, 4.69) is 18.9 Å². The zero-order valence-corrected chi connectivity index (χ0v) is 18.1. The molecule has 1 aromatic heterocycles. The van der Waals surface area contributed by atoms with Crippen LogP contribution in [0.1, 0.15) is 19.4 Å². The summed E-state index contributed by atoms with van der Waals surface area (Å²) >= 11 is 0. The zero-order chi connectivity index (χ0) is 22.2. The van der Waals surface area contributed by atoms with E-state index in [0.717, 1.165) is 17.7 Å². The summed E-state index contributed by atoms with van der Waals surface area (Å²) in [4.78, 5) is 11.2. The van der Waals surface area contributed by atoms with Crippen LogP contribution in [0.2, 0.25) is 0 Å². The lowest BCUT2D eigenvalue weighted by Crippen LogP contribution is -2.06. The quantitative estimate of drug-likeness (QED) is 0.451. The second-order valence-corrected chi connectivity index (χ2v) is 7.70. The predicted octanol–water partition coefficient (Wildman–Crippen LogP) is 4.65. The van der Waals surface area contributed by atoms with Crippen LogP contribution in [0.4, 0.5) is 0 Å². The molecular weight excluding hydrogens is 396 g/mol. The number of rotatable bonds is 11. The number of methoxy groups -OCH3 is 1. The van der Waals surface area contributed by atoms with E-state index in [1.54, 1.807) is 25.3 Å². The Morgan fingerprint density at radius 2 is 1.87 bits per heavy atom. The summed E-state index contributed by atoms with van der Waals surface area (Å²) in [7, 11) is 1.60. The molecule has 0 bridgehead atoms. The minimum Gasteiger partial charge on any atom is -0.491 e. The number of ether oxygens (including phenoxy) is 3. The van der Waals surface area contributed by atoms with Crippen LogP contribution in [-0.2, 0) is 22.5 Å². The van der Waals surface area contributed by atoms with Crippen molar-refractivity contribution >= 4 is 5.97 Å². The number of aromatic nitrogens is 2. The molecule has 1 heterocycles. The molecule has 3 aromatic rings. The van der Waals surface area contributed by atoms with Crippen molar-refractivity contribution in [3.05, 3.63) is 60.4 Å². The molecular formula is C24H28N2O5. The lowest BCUT2D eigenvalue weighted by atomic mass is 10.1. The van der Waals surface area contributed by atoms with Gasteiger partial charge in [-0.25, -0.2) is 0 Å². The number of nitrogens with zero attached hydrogens (tertiary/aromatic N) is 2. The summed E-state index contributed by atoms with van der Waals surface area (Å²) < 4.78 is 18.7. The molecule has 7 nitrogen and oxygen atoms in total. The van der Waals surface area contributed by atoms with E-state index >= 15 is 0 Å². The molecule has 0 amide bonds. The third kappa shape index (κ3) is 6.86. The largest absolute Gasteiger partial charge is 0.491 e. The summed E-state index contributed by atoms with van der Waals surface area (Å²) in [5.41, 5.74) is 2.60. The molecule has 0 atom stereocenters. The number of carboxylic acid groups (broad SMARTS) is 1. The standard InChI is InChI=1S/C24H28N2O5/c1-17(2)15-26-16-20(14-25-26)19-5-4-6-21(12-19)31-23-10-18(11-24(27)28)9-22(13-23)30-8-7-29-3/h4-6,9-10,12-14,16-17H,7-8,11,15H2,1-3H3,(H,27,28). The topological polar surface area (TPSA) is 82.8 Å². The van der Waals surface area contributed by atoms with Gasteiger partial charge in [0.1, 0.15) is 23.9 Å². The highest BCUT2D eigenvalue weighted by Gasteiger charge is 2.10. The Balaban J connectivity index is 1.80. The smallest absolute Gasteiger partial charge is 0.307 e. The number of hydrogen-bond acceptors (Lipinski definition) is 5. The van der Waals surface area contributed by atoms with Gasteiger partial charge in [0, 0.05) is 31.5 Å². The molecule has 3 rings (SSSR count). The van der Waals surface area contributed by atoms with E-state index in [0.29, 0.717) is 41.9 Å². The predicted molar refractivity (Wildman–Crippen MR) is 118 cm³/mol. The molecule has 0 aliphatic carbocycles. The van der Waals surface area contributed by atoms with Gasteiger partial charge in [0.2, 0.25) is 0 Å². The van der Waals surface area contributed by atoms with Crippen LogP contribution in [-0.4, -0.2) is 41.2 Å². The van der Waals surface area contributed by atoms with Crippen LogP contribution in [0.15, 0.2) is 54.9 Å². The molecule has 0 aliphatic rings. The molecule has 0 spiro atoms. The summed E-state index contributed by atoms with van der Waals surface area (Å²) in [5.74, 6) is 1.29. The lowest BCUT2D eigenvalue weighted by molar-refractivity contribution is -0.136. The van der Waals surface area contributed by atoms with Gasteiger partial charge >= 0.3 is 5.97 Å². The summed E-state index contributed by atoms with van der Waals surface area (Å²) in [5, 5.41) is 13.6. The van der Waals surface area contributed by atoms with Crippen molar-refractivity contribution in [2.45, 2.75) is 26.8 Å². The van der Waals surface area contributed by atoms with Gasteiger partial charge in [-0.3, -0.25) is 9.48 Å². The summed E-state index contributed by atoms with van der Waals surface area (Å²) in [6, 6.07) is 12.9. The minimum absolute atomic E-state index is 0.118. The molecule has 7 heteroatoms. The molecule has 0 saturated heterocycles. The van der Waals surface area contributed by atoms with Gasteiger partial charge in [-0.05, 0) is 41.3 Å². The molecule has 164 valence electrons. The Bertz CT molecular complexity index is 1010. The fourth-order valence-corrected chi connectivity index (χ4v) is 3.15. The van der Waals surface area contributed by atoms with E-state index in [1.165, 1.54) is 0 Å². The van der Waals surface area contributed by atoms with Crippen LogP contribution >= 0.6 is 0 Å². The van der Waals surface area contributed by atoms with Crippen molar-refractivity contribution in [3.8, 4) is 28.4 Å². The van der Waals surface area contributed by atoms with Crippen molar-refractivity contribution < 1.29 is 24.1 Å². The van der Waals surface area contributed by atoms with Crippen molar-refractivity contribution in [1.82, 2.24) is 9.78 Å². The summed E-state index contributed by atoms with van der Waals surface area (Å²) in [6.45, 7) is 5.97. The maximum Gasteiger partial charge on any atom is 0.307 e. The van der Waals surface area contributed by atoms with Crippen LogP contribution in [0.5, 0.6) is 17.2 Å². The van der Waals surface area contributed by atoms with Gasteiger partial charge < -0.3 is 19.3 Å². The average molecular weight is 424 g/mol. The normalized spacial score (nSPS) is 11.0. The summed E-state index contributed by atoms with van der Waals surface area (Å²) in [6.07, 6.45) is 3.75. The first-order valence-electron chi connectivity index (χ1n) is 10.2. The molecule has 0 radical (unpaired) electrons. The van der Waals surface area contributed by atoms with E-state index in [4.69, 9.17) is 19.3 Å². The van der Waals surface area contributed by atoms with Crippen LogP contribution < -0.4 is 9.47 Å². The van der Waals surface area contributed by atoms with E-state index in [1.807, 2.05) is 41.3 Å². The molecule has 2 aromatic carbocycles. The molecule has 1 N–H and O–H groups in total. The molecule has 0 fully saturated rings. The highest BCUT2D eigenvalue weighted by atomic mass is 16.5. The Labute approximate surface area is 182 Å². The second kappa shape index (κ2) is 10.6. The zero-order valence-electron chi connectivity index (χ0n) is 18.1. The molecule has 31 heavy (non-hydrogen) atoms. The van der Waals surface area contributed by atoms with Crippen LogP contribution in [0.3, 0.4) is 0 Å². The van der Waals surface area contributed by atoms with E-state index in [-0.39, 0.29) is 6.42 Å². The second-order valence-electron chi connectivity index (χ2n) is 7.70. The van der Waals surface area contributed by atoms with Crippen molar-refractivity contribution in [3.63, 3.8) is 0 Å². The third-order valence-electron chi connectivity index (χ3n) is 4.44. The number of benzene rings is 2. The van der Waals surface area contributed by atoms with Gasteiger partial charge in [0.25, 0.3) is 0 Å². The number of carboxylic acids is 1. The first kappa shape index (κ1) is 22.4. The van der Waals surface area contributed by atoms with Gasteiger partial charge in [-0.15, -0.1) is 0 Å². The minimum atomic E-state index is -0.916. The Morgan fingerprint density at radius 1 is 1.06 bits per heavy atom. The Morgan fingerprint density at radius 3 is 2.61 bits per heavy atom. The molecule has 0 unspecified atom stereocenters. The Hall–Kier alpha value is -3.32. The maximum atomic E-state index is 11.2. The van der Waals surface area contributed by atoms with Crippen molar-refractivity contribution in [2.75, 3.05) is 20.3 Å². The van der Waals surface area contributed by atoms with Crippen molar-refractivity contribution in [1.29, 1.82) is 0 Å². The number of hydrogen-bond donors (Lipinski definition) is 1. The van der Waals surface area contributed by atoms with Gasteiger partial charge in [-0.1, -0.05) is 26.0 Å². The SMILES string of the molecule is COCCOc1cc(CC(=O)O)cc(Oc2cccc(-c3cnn(CC(C)C)c3)c2)c1. The first-order valence-corrected chi connectivity index (χ1v) is 10.2. The number of carbonyl (C=O) groups is 1. The fourth-order valence-electron chi connectivity index (χ4n) is 3.15.